The second-order valence-corrected chi connectivity index (χ2v) is 10.7. The molecule has 0 saturated heterocycles. The Labute approximate surface area is 163 Å². The lowest BCUT2D eigenvalue weighted by atomic mass is 9.46. The van der Waals surface area contributed by atoms with Gasteiger partial charge in [0.25, 0.3) is 0 Å². The third-order valence-electron chi connectivity index (χ3n) is 8.22. The number of fused-ring (bicyclic) bond motifs is 5. The molecule has 4 aliphatic rings. The second-order valence-electron chi connectivity index (χ2n) is 9.34. The van der Waals surface area contributed by atoms with E-state index in [-0.39, 0.29) is 34.6 Å². The quantitative estimate of drug-likeness (QED) is 0.441. The van der Waals surface area contributed by atoms with Crippen molar-refractivity contribution in [2.75, 3.05) is 0 Å². The Morgan fingerprint density at radius 1 is 1.23 bits per heavy atom. The predicted octanol–water partition coefficient (Wildman–Crippen LogP) is 4.92. The van der Waals surface area contributed by atoms with Crippen LogP contribution in [0.1, 0.15) is 65.7 Å². The Morgan fingerprint density at radius 2 is 1.96 bits per heavy atom. The molecule has 4 aliphatic carbocycles. The van der Waals surface area contributed by atoms with Gasteiger partial charge in [0.15, 0.2) is 5.78 Å². The largest absolute Gasteiger partial charge is 0.462 e. The Hall–Kier alpha value is -0.710. The molecular weight excluding hydrogens is 399 g/mol. The van der Waals surface area contributed by atoms with Crippen LogP contribution in [-0.4, -0.2) is 28.4 Å². The Morgan fingerprint density at radius 3 is 2.65 bits per heavy atom. The van der Waals surface area contributed by atoms with Crippen molar-refractivity contribution in [1.29, 1.82) is 0 Å². The maximum atomic E-state index is 15.9. The molecule has 0 radical (unpaired) electrons. The van der Waals surface area contributed by atoms with E-state index in [2.05, 4.69) is 29.8 Å². The maximum absolute atomic E-state index is 15.9. The molecule has 144 valence electrons. The topological polar surface area (TPSA) is 43.4 Å². The van der Waals surface area contributed by atoms with Gasteiger partial charge in [0, 0.05) is 24.2 Å². The second kappa shape index (κ2) is 5.89. The van der Waals surface area contributed by atoms with Gasteiger partial charge in [-0.15, -0.1) is 0 Å². The van der Waals surface area contributed by atoms with Crippen LogP contribution in [0.25, 0.3) is 0 Å². The van der Waals surface area contributed by atoms with Crippen molar-refractivity contribution in [1.82, 2.24) is 0 Å². The van der Waals surface area contributed by atoms with Crippen LogP contribution in [-0.2, 0) is 14.3 Å². The molecule has 0 aromatic carbocycles. The van der Waals surface area contributed by atoms with E-state index in [1.54, 1.807) is 6.08 Å². The van der Waals surface area contributed by atoms with Gasteiger partial charge in [-0.3, -0.25) is 9.59 Å². The van der Waals surface area contributed by atoms with Crippen molar-refractivity contribution in [3.8, 4) is 0 Å². The fraction of sp³-hybridized carbons (Fsp3) is 0.810. The van der Waals surface area contributed by atoms with Gasteiger partial charge in [-0.2, -0.15) is 0 Å². The molecule has 0 bridgehead atoms. The zero-order chi connectivity index (χ0) is 18.9. The minimum Gasteiger partial charge on any atom is -0.462 e. The fourth-order valence-corrected chi connectivity index (χ4v) is 8.01. The first-order chi connectivity index (χ1) is 12.1. The normalized spacial score (nSPS) is 50.3. The molecule has 0 spiro atoms. The summed E-state index contributed by atoms with van der Waals surface area (Å²) in [5.41, 5.74) is 0.516. The van der Waals surface area contributed by atoms with Crippen LogP contribution in [0.5, 0.6) is 0 Å². The number of allylic oxidation sites excluding steroid dienone is 1. The van der Waals surface area contributed by atoms with Gasteiger partial charge in [0.1, 0.15) is 12.3 Å². The fourth-order valence-electron chi connectivity index (χ4n) is 6.85. The lowest BCUT2D eigenvalue weighted by Crippen LogP contribution is -2.65. The van der Waals surface area contributed by atoms with Crippen LogP contribution >= 0.6 is 15.9 Å². The van der Waals surface area contributed by atoms with E-state index in [0.717, 1.165) is 37.7 Å². The first-order valence-electron chi connectivity index (χ1n) is 9.87. The predicted molar refractivity (Wildman–Crippen MR) is 101 cm³/mol. The van der Waals surface area contributed by atoms with Gasteiger partial charge in [-0.1, -0.05) is 35.4 Å². The molecule has 0 aromatic rings. The van der Waals surface area contributed by atoms with Crippen LogP contribution < -0.4 is 0 Å². The molecule has 5 heteroatoms. The average molecular weight is 427 g/mol. The number of alkyl halides is 2. The molecule has 3 saturated carbocycles. The van der Waals surface area contributed by atoms with E-state index in [1.807, 2.05) is 0 Å². The summed E-state index contributed by atoms with van der Waals surface area (Å²) in [6, 6.07) is 0. The number of halogens is 2. The summed E-state index contributed by atoms with van der Waals surface area (Å²) < 4.78 is 20.9. The van der Waals surface area contributed by atoms with E-state index in [1.165, 1.54) is 6.92 Å². The van der Waals surface area contributed by atoms with E-state index >= 15 is 4.39 Å². The summed E-state index contributed by atoms with van der Waals surface area (Å²) in [7, 11) is 0. The van der Waals surface area contributed by atoms with Gasteiger partial charge in [0.05, 0.1) is 4.32 Å². The highest BCUT2D eigenvalue weighted by atomic mass is 79.9. The van der Waals surface area contributed by atoms with Crippen LogP contribution in [0.15, 0.2) is 11.6 Å². The van der Waals surface area contributed by atoms with Crippen LogP contribution in [0.2, 0.25) is 0 Å². The summed E-state index contributed by atoms with van der Waals surface area (Å²) in [5.74, 6) is 0.454. The molecule has 3 nitrogen and oxygen atoms in total. The van der Waals surface area contributed by atoms with Gasteiger partial charge in [-0.25, -0.2) is 4.39 Å². The van der Waals surface area contributed by atoms with E-state index in [0.29, 0.717) is 18.8 Å². The highest BCUT2D eigenvalue weighted by molar-refractivity contribution is 9.10. The molecule has 7 atom stereocenters. The summed E-state index contributed by atoms with van der Waals surface area (Å²) in [4.78, 5) is 23.5. The van der Waals surface area contributed by atoms with Gasteiger partial charge < -0.3 is 4.74 Å². The lowest BCUT2D eigenvalue weighted by Gasteiger charge is -2.63. The number of ketones is 1. The van der Waals surface area contributed by atoms with E-state index in [4.69, 9.17) is 4.74 Å². The minimum atomic E-state index is -1.02. The first kappa shape index (κ1) is 18.6. The molecular formula is C21H28BrFO3. The first-order valence-corrected chi connectivity index (χ1v) is 10.7. The number of hydrogen-bond acceptors (Lipinski definition) is 3. The van der Waals surface area contributed by atoms with Crippen LogP contribution in [0.3, 0.4) is 0 Å². The van der Waals surface area contributed by atoms with E-state index < -0.39 is 10.5 Å². The van der Waals surface area contributed by atoms with Crippen molar-refractivity contribution >= 4 is 27.7 Å². The summed E-state index contributed by atoms with van der Waals surface area (Å²) >= 11 is 3.95. The Balaban J connectivity index is 1.74. The number of hydrogen-bond donors (Lipinski definition) is 0. The molecule has 0 amide bonds. The lowest BCUT2D eigenvalue weighted by molar-refractivity contribution is -0.159. The van der Waals surface area contributed by atoms with Crippen molar-refractivity contribution < 1.29 is 18.7 Å². The van der Waals surface area contributed by atoms with Crippen molar-refractivity contribution in [2.45, 2.75) is 82.3 Å². The number of ether oxygens (including phenoxy) is 1. The van der Waals surface area contributed by atoms with Gasteiger partial charge in [0.2, 0.25) is 0 Å². The van der Waals surface area contributed by atoms with Gasteiger partial charge >= 0.3 is 5.97 Å². The zero-order valence-corrected chi connectivity index (χ0v) is 17.4. The molecule has 4 rings (SSSR count). The summed E-state index contributed by atoms with van der Waals surface area (Å²) in [6.45, 7) is 5.72. The highest BCUT2D eigenvalue weighted by Gasteiger charge is 2.70. The number of carbonyl (C=O) groups excluding carboxylic acids is 2. The SMILES string of the molecule is CC(=O)O[C@H]1CC[C@H]2[C@@H]3CCC4=CC(=O)CC[C@]4(C)C3(Br)[C@@H](F)C[C@]12C. The van der Waals surface area contributed by atoms with Crippen molar-refractivity contribution in [3.05, 3.63) is 11.6 Å². The molecule has 0 N–H and O–H groups in total. The molecule has 0 heterocycles. The van der Waals surface area contributed by atoms with Crippen molar-refractivity contribution in [2.24, 2.45) is 22.7 Å². The van der Waals surface area contributed by atoms with E-state index in [9.17, 15) is 9.59 Å². The smallest absolute Gasteiger partial charge is 0.302 e. The van der Waals surface area contributed by atoms with Crippen LogP contribution in [0.4, 0.5) is 4.39 Å². The molecule has 1 unspecified atom stereocenters. The third-order valence-corrected chi connectivity index (χ3v) is 10.2. The highest BCUT2D eigenvalue weighted by Crippen LogP contribution is 2.70. The summed E-state index contributed by atoms with van der Waals surface area (Å²) in [6.07, 6.45) is 5.79. The molecule has 3 fully saturated rings. The average Bonchev–Trinajstić information content (AvgIpc) is 2.86. The Kier molecular flexibility index (Phi) is 4.22. The summed E-state index contributed by atoms with van der Waals surface area (Å²) in [5, 5.41) is 0. The third kappa shape index (κ3) is 2.28. The maximum Gasteiger partial charge on any atom is 0.302 e. The van der Waals surface area contributed by atoms with Crippen LogP contribution in [0, 0.1) is 22.7 Å². The number of rotatable bonds is 1. The molecule has 0 aromatic heterocycles. The van der Waals surface area contributed by atoms with Gasteiger partial charge in [-0.05, 0) is 56.4 Å². The number of carbonyl (C=O) groups is 2. The number of esters is 1. The molecule has 0 aliphatic heterocycles. The Bertz CT molecular complexity index is 691. The van der Waals surface area contributed by atoms with Crippen molar-refractivity contribution in [3.63, 3.8) is 0 Å². The standard InChI is InChI=1S/C21H28BrFO3/c1-12(24)26-18-7-6-15-16-5-4-13-10-14(25)8-9-20(13,3)21(16,22)17(23)11-19(15,18)2/h10,15-18H,4-9,11H2,1-3H3/t15-,16-,17-,18-,19-,20-,21?/m0/s1. The molecule has 26 heavy (non-hydrogen) atoms. The minimum absolute atomic E-state index is 0.180. The zero-order valence-electron chi connectivity index (χ0n) is 15.8. The monoisotopic (exact) mass is 426 g/mol.